The normalized spacial score (nSPS) is 17.3. The van der Waals surface area contributed by atoms with E-state index < -0.39 is 0 Å². The fraction of sp³-hybridized carbons (Fsp3) is 0.833. The van der Waals surface area contributed by atoms with Crippen molar-refractivity contribution in [3.05, 3.63) is 0 Å². The summed E-state index contributed by atoms with van der Waals surface area (Å²) in [6.45, 7) is 7.46. The van der Waals surface area contributed by atoms with E-state index in [1.165, 1.54) is 6.92 Å². The van der Waals surface area contributed by atoms with Gasteiger partial charge < -0.3 is 15.5 Å². The lowest BCUT2D eigenvalue weighted by atomic mass is 10.0. The summed E-state index contributed by atoms with van der Waals surface area (Å²) in [6, 6.07) is 0.561. The molecule has 1 fully saturated rings. The van der Waals surface area contributed by atoms with Crippen LogP contribution in [0.25, 0.3) is 0 Å². The monoisotopic (exact) mass is 241 g/mol. The Morgan fingerprint density at radius 3 is 2.35 bits per heavy atom. The molecule has 5 heteroatoms. The summed E-state index contributed by atoms with van der Waals surface area (Å²) in [5.41, 5.74) is 0. The number of hydrogen-bond donors (Lipinski definition) is 2. The van der Waals surface area contributed by atoms with Crippen LogP contribution in [0.5, 0.6) is 0 Å². The molecule has 2 amide bonds. The van der Waals surface area contributed by atoms with Crippen LogP contribution in [0.15, 0.2) is 0 Å². The number of amides is 2. The van der Waals surface area contributed by atoms with Gasteiger partial charge in [0.1, 0.15) is 0 Å². The molecule has 0 radical (unpaired) electrons. The van der Waals surface area contributed by atoms with Gasteiger partial charge in [-0.1, -0.05) is 13.8 Å². The first-order valence-corrected chi connectivity index (χ1v) is 6.27. The maximum Gasteiger partial charge on any atom is 0.236 e. The van der Waals surface area contributed by atoms with Gasteiger partial charge in [0.15, 0.2) is 0 Å². The molecule has 98 valence electrons. The van der Waals surface area contributed by atoms with Crippen LogP contribution in [0, 0.1) is 0 Å². The van der Waals surface area contributed by atoms with Gasteiger partial charge in [0.05, 0.1) is 6.54 Å². The second-order valence-corrected chi connectivity index (χ2v) is 4.89. The van der Waals surface area contributed by atoms with Crippen molar-refractivity contribution in [3.63, 3.8) is 0 Å². The van der Waals surface area contributed by atoms with Gasteiger partial charge in [-0.3, -0.25) is 9.59 Å². The van der Waals surface area contributed by atoms with Crippen molar-refractivity contribution in [2.75, 3.05) is 19.6 Å². The van der Waals surface area contributed by atoms with E-state index in [4.69, 9.17) is 0 Å². The molecular weight excluding hydrogens is 218 g/mol. The number of piperidine rings is 1. The van der Waals surface area contributed by atoms with E-state index in [1.807, 2.05) is 18.7 Å². The van der Waals surface area contributed by atoms with E-state index in [9.17, 15) is 9.59 Å². The fourth-order valence-electron chi connectivity index (χ4n) is 1.96. The van der Waals surface area contributed by atoms with Crippen molar-refractivity contribution in [1.82, 2.24) is 15.5 Å². The van der Waals surface area contributed by atoms with Crippen molar-refractivity contribution in [1.29, 1.82) is 0 Å². The highest BCUT2D eigenvalue weighted by atomic mass is 16.2. The van der Waals surface area contributed by atoms with Crippen molar-refractivity contribution >= 4 is 11.8 Å². The van der Waals surface area contributed by atoms with Crippen molar-refractivity contribution in [2.45, 2.75) is 45.7 Å². The Morgan fingerprint density at radius 2 is 1.88 bits per heavy atom. The molecule has 0 bridgehead atoms. The van der Waals surface area contributed by atoms with Gasteiger partial charge in [0, 0.05) is 32.1 Å². The zero-order valence-electron chi connectivity index (χ0n) is 11.0. The summed E-state index contributed by atoms with van der Waals surface area (Å²) in [5.74, 6) is 0.163. The molecule has 0 unspecified atom stereocenters. The van der Waals surface area contributed by atoms with Gasteiger partial charge in [-0.05, 0) is 12.8 Å². The van der Waals surface area contributed by atoms with Gasteiger partial charge in [-0.2, -0.15) is 0 Å². The number of hydrogen-bond acceptors (Lipinski definition) is 3. The van der Waals surface area contributed by atoms with Crippen molar-refractivity contribution in [2.24, 2.45) is 0 Å². The Morgan fingerprint density at radius 1 is 1.29 bits per heavy atom. The number of rotatable bonds is 4. The Balaban J connectivity index is 2.26. The van der Waals surface area contributed by atoms with Gasteiger partial charge >= 0.3 is 0 Å². The molecule has 0 aromatic rings. The molecule has 1 rings (SSSR count). The second-order valence-electron chi connectivity index (χ2n) is 4.89. The first-order valence-electron chi connectivity index (χ1n) is 6.27. The Kier molecular flexibility index (Phi) is 5.41. The van der Waals surface area contributed by atoms with Gasteiger partial charge in [-0.25, -0.2) is 0 Å². The molecule has 2 N–H and O–H groups in total. The minimum Gasteiger partial charge on any atom is -0.353 e. The minimum absolute atomic E-state index is 0.0104. The van der Waals surface area contributed by atoms with E-state index in [0.717, 1.165) is 25.9 Å². The third-order valence-corrected chi connectivity index (χ3v) is 2.92. The summed E-state index contributed by atoms with van der Waals surface area (Å²) in [6.07, 6.45) is 1.71. The van der Waals surface area contributed by atoms with E-state index in [2.05, 4.69) is 10.6 Å². The molecule has 1 aliphatic rings. The van der Waals surface area contributed by atoms with E-state index in [1.54, 1.807) is 0 Å². The molecule has 17 heavy (non-hydrogen) atoms. The SMILES string of the molecule is CC(=O)NC1CCN(C(=O)CNC(C)C)CC1. The largest absolute Gasteiger partial charge is 0.353 e. The summed E-state index contributed by atoms with van der Waals surface area (Å²) in [5, 5.41) is 6.02. The molecule has 1 aliphatic heterocycles. The van der Waals surface area contributed by atoms with Gasteiger partial charge in [0.2, 0.25) is 11.8 Å². The van der Waals surface area contributed by atoms with Crippen molar-refractivity contribution in [3.8, 4) is 0 Å². The molecule has 0 spiro atoms. The Hall–Kier alpha value is -1.10. The summed E-state index contributed by atoms with van der Waals surface area (Å²) in [4.78, 5) is 24.6. The average Bonchev–Trinajstić information content (AvgIpc) is 2.26. The van der Waals surface area contributed by atoms with E-state index in [-0.39, 0.29) is 17.9 Å². The molecular formula is C12H23N3O2. The standard InChI is InChI=1S/C12H23N3O2/c1-9(2)13-8-12(17)15-6-4-11(5-7-15)14-10(3)16/h9,11,13H,4-8H2,1-3H3,(H,14,16). The molecule has 0 atom stereocenters. The number of nitrogens with one attached hydrogen (secondary N) is 2. The first kappa shape index (κ1) is 14.0. The zero-order chi connectivity index (χ0) is 12.8. The molecule has 0 saturated carbocycles. The van der Waals surface area contributed by atoms with Gasteiger partial charge in [-0.15, -0.1) is 0 Å². The van der Waals surface area contributed by atoms with Crippen LogP contribution in [0.2, 0.25) is 0 Å². The van der Waals surface area contributed by atoms with Crippen molar-refractivity contribution < 1.29 is 9.59 Å². The Labute approximate surface area is 103 Å². The zero-order valence-corrected chi connectivity index (χ0v) is 11.0. The van der Waals surface area contributed by atoms with Crippen LogP contribution >= 0.6 is 0 Å². The lowest BCUT2D eigenvalue weighted by Gasteiger charge is -2.32. The Bertz CT molecular complexity index is 271. The second kappa shape index (κ2) is 6.59. The smallest absolute Gasteiger partial charge is 0.236 e. The third kappa shape index (κ3) is 5.17. The van der Waals surface area contributed by atoms with Crippen LogP contribution < -0.4 is 10.6 Å². The number of nitrogens with zero attached hydrogens (tertiary/aromatic N) is 1. The molecule has 5 nitrogen and oxygen atoms in total. The highest BCUT2D eigenvalue weighted by Gasteiger charge is 2.22. The highest BCUT2D eigenvalue weighted by molar-refractivity contribution is 5.78. The summed E-state index contributed by atoms with van der Waals surface area (Å²) >= 11 is 0. The lowest BCUT2D eigenvalue weighted by Crippen LogP contribution is -2.48. The maximum absolute atomic E-state index is 11.8. The minimum atomic E-state index is 0.0104. The van der Waals surface area contributed by atoms with Gasteiger partial charge in [0.25, 0.3) is 0 Å². The first-order chi connectivity index (χ1) is 7.99. The molecule has 1 saturated heterocycles. The maximum atomic E-state index is 11.8. The van der Waals surface area contributed by atoms with Crippen LogP contribution in [-0.4, -0.2) is 48.4 Å². The molecule has 0 aromatic heterocycles. The lowest BCUT2D eigenvalue weighted by molar-refractivity contribution is -0.131. The summed E-state index contributed by atoms with van der Waals surface area (Å²) < 4.78 is 0. The molecule has 0 aliphatic carbocycles. The quantitative estimate of drug-likeness (QED) is 0.734. The number of likely N-dealkylation sites (tertiary alicyclic amines) is 1. The summed E-state index contributed by atoms with van der Waals surface area (Å²) in [7, 11) is 0. The van der Waals surface area contributed by atoms with Crippen LogP contribution in [-0.2, 0) is 9.59 Å². The van der Waals surface area contributed by atoms with Crippen LogP contribution in [0.4, 0.5) is 0 Å². The number of carbonyl (C=O) groups is 2. The average molecular weight is 241 g/mol. The molecule has 1 heterocycles. The fourth-order valence-corrected chi connectivity index (χ4v) is 1.96. The van der Waals surface area contributed by atoms with E-state index in [0.29, 0.717) is 12.6 Å². The third-order valence-electron chi connectivity index (χ3n) is 2.92. The van der Waals surface area contributed by atoms with Crippen LogP contribution in [0.3, 0.4) is 0 Å². The predicted molar refractivity (Wildman–Crippen MR) is 66.6 cm³/mol. The number of carbonyl (C=O) groups excluding carboxylic acids is 2. The van der Waals surface area contributed by atoms with E-state index >= 15 is 0 Å². The molecule has 0 aromatic carbocycles. The highest BCUT2D eigenvalue weighted by Crippen LogP contribution is 2.10. The van der Waals surface area contributed by atoms with Crippen LogP contribution in [0.1, 0.15) is 33.6 Å². The topological polar surface area (TPSA) is 61.4 Å². The predicted octanol–water partition coefficient (Wildman–Crippen LogP) is 0.112.